The van der Waals surface area contributed by atoms with E-state index in [0.717, 1.165) is 35.7 Å². The monoisotopic (exact) mass is 447 g/mol. The van der Waals surface area contributed by atoms with Crippen molar-refractivity contribution in [2.75, 3.05) is 17.6 Å². The summed E-state index contributed by atoms with van der Waals surface area (Å²) in [5.41, 5.74) is 0.977. The van der Waals surface area contributed by atoms with Crippen molar-refractivity contribution < 1.29 is 19.1 Å². The highest BCUT2D eigenvalue weighted by Crippen LogP contribution is 2.13. The molecule has 6 heteroatoms. The largest absolute Gasteiger partial charge is 0.466 e. The number of carbonyl (C=O) groups is 2. The Hall–Kier alpha value is -1.31. The molecule has 0 unspecified atom stereocenters. The van der Waals surface area contributed by atoms with Gasteiger partial charge < -0.3 is 14.8 Å². The lowest BCUT2D eigenvalue weighted by molar-refractivity contribution is -0.142. The first-order valence-corrected chi connectivity index (χ1v) is 9.78. The van der Waals surface area contributed by atoms with E-state index in [1.165, 1.54) is 6.92 Å². The zero-order chi connectivity index (χ0) is 17.6. The lowest BCUT2D eigenvalue weighted by Crippen LogP contribution is -2.25. The highest BCUT2D eigenvalue weighted by atomic mass is 127. The number of rotatable bonds is 11. The van der Waals surface area contributed by atoms with Crippen LogP contribution in [0.3, 0.4) is 0 Å². The molecule has 1 rings (SSSR count). The van der Waals surface area contributed by atoms with E-state index >= 15 is 0 Å². The van der Waals surface area contributed by atoms with E-state index in [-0.39, 0.29) is 12.1 Å². The number of hydrogen-bond donors (Lipinski definition) is 1. The van der Waals surface area contributed by atoms with Crippen LogP contribution in [0.25, 0.3) is 0 Å². The first-order chi connectivity index (χ1) is 11.6. The molecule has 1 amide bonds. The predicted molar refractivity (Wildman–Crippen MR) is 102 cm³/mol. The molecule has 24 heavy (non-hydrogen) atoms. The van der Waals surface area contributed by atoms with Crippen molar-refractivity contribution >= 4 is 34.7 Å². The minimum atomic E-state index is -0.376. The van der Waals surface area contributed by atoms with E-state index in [1.807, 2.05) is 30.3 Å². The van der Waals surface area contributed by atoms with Gasteiger partial charge in [-0.05, 0) is 18.4 Å². The van der Waals surface area contributed by atoms with E-state index in [1.54, 1.807) is 0 Å². The molecule has 0 aromatic heterocycles. The summed E-state index contributed by atoms with van der Waals surface area (Å²) >= 11 is 2.32. The number of alkyl halides is 1. The van der Waals surface area contributed by atoms with Gasteiger partial charge in [0.25, 0.3) is 0 Å². The highest BCUT2D eigenvalue weighted by Gasteiger charge is 2.09. The minimum absolute atomic E-state index is 0.219. The molecule has 1 aromatic rings. The molecular weight excluding hydrogens is 421 g/mol. The van der Waals surface area contributed by atoms with Crippen LogP contribution in [0.15, 0.2) is 30.3 Å². The van der Waals surface area contributed by atoms with E-state index in [2.05, 4.69) is 27.9 Å². The van der Waals surface area contributed by atoms with Crippen molar-refractivity contribution in [2.24, 2.45) is 5.92 Å². The molecule has 0 radical (unpaired) electrons. The molecular formula is C18H26INO4. The molecule has 0 saturated heterocycles. The van der Waals surface area contributed by atoms with Gasteiger partial charge in [0.05, 0.1) is 6.61 Å². The summed E-state index contributed by atoms with van der Waals surface area (Å²) in [5, 5.41) is 2.76. The molecule has 1 atom stereocenters. The highest BCUT2D eigenvalue weighted by molar-refractivity contribution is 14.1. The maximum Gasteiger partial charge on any atom is 0.407 e. The van der Waals surface area contributed by atoms with E-state index in [9.17, 15) is 9.59 Å². The first-order valence-electron chi connectivity index (χ1n) is 8.25. The van der Waals surface area contributed by atoms with Gasteiger partial charge in [0.2, 0.25) is 0 Å². The summed E-state index contributed by atoms with van der Waals surface area (Å²) < 4.78 is 11.2. The van der Waals surface area contributed by atoms with Gasteiger partial charge in [-0.2, -0.15) is 0 Å². The molecule has 0 aliphatic carbocycles. The van der Waals surface area contributed by atoms with Gasteiger partial charge in [-0.3, -0.25) is 4.79 Å². The van der Waals surface area contributed by atoms with Crippen molar-refractivity contribution in [3.8, 4) is 0 Å². The number of halogens is 1. The third-order valence-electron chi connectivity index (χ3n) is 3.51. The van der Waals surface area contributed by atoms with Crippen LogP contribution in [0.2, 0.25) is 0 Å². The maximum absolute atomic E-state index is 11.6. The van der Waals surface area contributed by atoms with Crippen molar-refractivity contribution in [2.45, 2.75) is 39.2 Å². The third kappa shape index (κ3) is 10.5. The Balaban J connectivity index is 2.00. The van der Waals surface area contributed by atoms with Crippen molar-refractivity contribution in [1.82, 2.24) is 5.32 Å². The zero-order valence-electron chi connectivity index (χ0n) is 14.1. The molecule has 0 aliphatic heterocycles. The fourth-order valence-electron chi connectivity index (χ4n) is 2.14. The van der Waals surface area contributed by atoms with Crippen molar-refractivity contribution in [1.29, 1.82) is 0 Å². The molecule has 134 valence electrons. The Bertz CT molecular complexity index is 481. The fraction of sp³-hybridized carbons (Fsp3) is 0.556. The van der Waals surface area contributed by atoms with E-state index in [0.29, 0.717) is 25.7 Å². The second kappa shape index (κ2) is 13.0. The molecule has 0 saturated carbocycles. The van der Waals surface area contributed by atoms with E-state index in [4.69, 9.17) is 9.47 Å². The van der Waals surface area contributed by atoms with Crippen molar-refractivity contribution in [3.05, 3.63) is 35.9 Å². The van der Waals surface area contributed by atoms with Crippen LogP contribution >= 0.6 is 22.6 Å². The number of unbranched alkanes of at least 4 members (excludes halogenated alkanes) is 2. The second-order valence-electron chi connectivity index (χ2n) is 5.66. The quantitative estimate of drug-likeness (QED) is 0.240. The van der Waals surface area contributed by atoms with Crippen LogP contribution in [0.4, 0.5) is 4.79 Å². The number of alkyl carbamates (subject to hydrolysis) is 1. The molecule has 0 bridgehead atoms. The summed E-state index contributed by atoms with van der Waals surface area (Å²) in [4.78, 5) is 22.4. The normalized spacial score (nSPS) is 11.6. The van der Waals surface area contributed by atoms with Gasteiger partial charge in [-0.25, -0.2) is 4.79 Å². The van der Waals surface area contributed by atoms with Crippen LogP contribution in [-0.2, 0) is 20.9 Å². The van der Waals surface area contributed by atoms with Crippen molar-refractivity contribution in [3.63, 3.8) is 0 Å². The average molecular weight is 447 g/mol. The zero-order valence-corrected chi connectivity index (χ0v) is 16.3. The number of benzene rings is 1. The van der Waals surface area contributed by atoms with Crippen LogP contribution in [0.1, 0.15) is 38.2 Å². The van der Waals surface area contributed by atoms with Gasteiger partial charge in [0.1, 0.15) is 6.61 Å². The lowest BCUT2D eigenvalue weighted by atomic mass is 10.0. The Morgan fingerprint density at radius 2 is 1.88 bits per heavy atom. The van der Waals surface area contributed by atoms with Gasteiger partial charge in [-0.15, -0.1) is 0 Å². The van der Waals surface area contributed by atoms with Crippen LogP contribution in [0, 0.1) is 5.92 Å². The molecule has 0 fully saturated rings. The molecule has 0 aliphatic rings. The lowest BCUT2D eigenvalue weighted by Gasteiger charge is -2.13. The average Bonchev–Trinajstić information content (AvgIpc) is 2.59. The predicted octanol–water partition coefficient (Wildman–Crippen LogP) is 4.09. The summed E-state index contributed by atoms with van der Waals surface area (Å²) in [6, 6.07) is 9.61. The molecule has 1 N–H and O–H groups in total. The van der Waals surface area contributed by atoms with Gasteiger partial charge >= 0.3 is 12.1 Å². The van der Waals surface area contributed by atoms with Crippen LogP contribution in [0.5, 0.6) is 0 Å². The summed E-state index contributed by atoms with van der Waals surface area (Å²) in [7, 11) is 0. The smallest absolute Gasteiger partial charge is 0.407 e. The number of ether oxygens (including phenoxy) is 2. The topological polar surface area (TPSA) is 64.6 Å². The summed E-state index contributed by atoms with van der Waals surface area (Å²) in [6.07, 6.45) is 3.68. The molecule has 1 aromatic carbocycles. The Morgan fingerprint density at radius 1 is 1.12 bits per heavy atom. The number of carbonyl (C=O) groups excluding carboxylic acids is 2. The fourth-order valence-corrected chi connectivity index (χ4v) is 2.83. The van der Waals surface area contributed by atoms with Gasteiger partial charge in [-0.1, -0.05) is 65.8 Å². The van der Waals surface area contributed by atoms with Crippen LogP contribution in [-0.4, -0.2) is 29.6 Å². The third-order valence-corrected chi connectivity index (χ3v) is 4.76. The summed E-state index contributed by atoms with van der Waals surface area (Å²) in [6.45, 7) is 2.85. The van der Waals surface area contributed by atoms with E-state index < -0.39 is 0 Å². The Kier molecular flexibility index (Phi) is 11.3. The number of esters is 1. The Labute approximate surface area is 157 Å². The second-order valence-corrected chi connectivity index (χ2v) is 6.54. The first kappa shape index (κ1) is 20.7. The summed E-state index contributed by atoms with van der Waals surface area (Å²) in [5.74, 6) is 0.196. The number of nitrogens with one attached hydrogen (secondary N) is 1. The number of hydrogen-bond acceptors (Lipinski definition) is 4. The Morgan fingerprint density at radius 3 is 2.54 bits per heavy atom. The molecule has 5 nitrogen and oxygen atoms in total. The molecule has 0 spiro atoms. The molecule has 0 heterocycles. The SMILES string of the molecule is CC(=O)OC[C@@H](CI)CCCCCNC(=O)OCc1ccccc1. The van der Waals surface area contributed by atoms with Crippen LogP contribution < -0.4 is 5.32 Å². The van der Waals surface area contributed by atoms with Gasteiger partial charge in [0.15, 0.2) is 0 Å². The standard InChI is InChI=1S/C18H26INO4/c1-15(21)23-14-17(12-19)10-6-3-7-11-20-18(22)24-13-16-8-4-2-5-9-16/h2,4-5,8-9,17H,3,6-7,10-14H2,1H3,(H,20,22)/t17-/m1/s1. The minimum Gasteiger partial charge on any atom is -0.466 e. The maximum atomic E-state index is 11.6. The van der Waals surface area contributed by atoms with Gasteiger partial charge in [0, 0.05) is 23.8 Å². The number of amides is 1.